The van der Waals surface area contributed by atoms with Crippen molar-refractivity contribution in [1.29, 1.82) is 0 Å². The minimum Gasteiger partial charge on any atom is -0.497 e. The minimum absolute atomic E-state index is 0.230. The summed E-state index contributed by atoms with van der Waals surface area (Å²) in [6, 6.07) is 8.21. The molecule has 0 bridgehead atoms. The molecule has 1 heterocycles. The summed E-state index contributed by atoms with van der Waals surface area (Å²) in [7, 11) is 1.67. The van der Waals surface area contributed by atoms with Crippen LogP contribution in [0.3, 0.4) is 0 Å². The molecular weight excluding hydrogens is 324 g/mol. The number of anilines is 1. The number of likely N-dealkylation sites (tertiary alicyclic amines) is 1. The van der Waals surface area contributed by atoms with Crippen LogP contribution in [0.4, 0.5) is 5.69 Å². The fraction of sp³-hybridized carbons (Fsp3) is 0.682. The van der Waals surface area contributed by atoms with E-state index in [-0.39, 0.29) is 11.9 Å². The van der Waals surface area contributed by atoms with Crippen LogP contribution in [0.15, 0.2) is 24.3 Å². The Morgan fingerprint density at radius 2 is 1.88 bits per heavy atom. The topological polar surface area (TPSA) is 32.8 Å². The third kappa shape index (κ3) is 6.01. The number of rotatable bonds is 8. The van der Waals surface area contributed by atoms with Crippen LogP contribution in [0.25, 0.3) is 0 Å². The number of benzene rings is 1. The summed E-state index contributed by atoms with van der Waals surface area (Å²) in [5.74, 6) is 2.14. The van der Waals surface area contributed by atoms with Gasteiger partial charge in [0.1, 0.15) is 5.75 Å². The van der Waals surface area contributed by atoms with Crippen LogP contribution in [0.2, 0.25) is 0 Å². The normalized spacial score (nSPS) is 16.3. The molecule has 146 valence electrons. The largest absolute Gasteiger partial charge is 0.497 e. The maximum Gasteiger partial charge on any atom is 0.227 e. The zero-order chi connectivity index (χ0) is 19.1. The van der Waals surface area contributed by atoms with Crippen molar-refractivity contribution in [2.45, 2.75) is 59.4 Å². The van der Waals surface area contributed by atoms with Gasteiger partial charge in [0, 0.05) is 37.3 Å². The number of amides is 1. The van der Waals surface area contributed by atoms with Gasteiger partial charge in [0.2, 0.25) is 5.91 Å². The summed E-state index contributed by atoms with van der Waals surface area (Å²) < 4.78 is 5.38. The van der Waals surface area contributed by atoms with E-state index in [2.05, 4.69) is 32.6 Å². The smallest absolute Gasteiger partial charge is 0.227 e. The lowest BCUT2D eigenvalue weighted by Crippen LogP contribution is -2.48. The van der Waals surface area contributed by atoms with Crippen molar-refractivity contribution in [2.24, 2.45) is 11.8 Å². The van der Waals surface area contributed by atoms with Gasteiger partial charge < -0.3 is 14.5 Å². The van der Waals surface area contributed by atoms with Gasteiger partial charge in [-0.15, -0.1) is 0 Å². The van der Waals surface area contributed by atoms with Crippen LogP contribution >= 0.6 is 0 Å². The second-order valence-corrected chi connectivity index (χ2v) is 8.32. The Balaban J connectivity index is 2.10. The standard InChI is InChI=1S/C22H36N2O2/c1-17(2)9-12-23-13-10-19(11-14-23)24(22(25)15-18(3)4)20-7-6-8-21(16-20)26-5/h6-8,16-19H,9-15H2,1-5H3. The third-order valence-corrected chi connectivity index (χ3v) is 5.13. The van der Waals surface area contributed by atoms with E-state index in [9.17, 15) is 4.79 Å². The molecular formula is C22H36N2O2. The maximum absolute atomic E-state index is 13.0. The van der Waals surface area contributed by atoms with E-state index < -0.39 is 0 Å². The predicted molar refractivity (Wildman–Crippen MR) is 109 cm³/mol. The highest BCUT2D eigenvalue weighted by Gasteiger charge is 2.29. The minimum atomic E-state index is 0.230. The molecule has 0 aliphatic carbocycles. The lowest BCUT2D eigenvalue weighted by Gasteiger charge is -2.39. The van der Waals surface area contributed by atoms with Crippen molar-refractivity contribution in [3.05, 3.63) is 24.3 Å². The first-order valence-corrected chi connectivity index (χ1v) is 10.1. The molecule has 2 rings (SSSR count). The molecule has 4 nitrogen and oxygen atoms in total. The second kappa shape index (κ2) is 9.96. The van der Waals surface area contributed by atoms with E-state index in [4.69, 9.17) is 4.74 Å². The molecule has 1 aliphatic heterocycles. The van der Waals surface area contributed by atoms with Gasteiger partial charge in [-0.25, -0.2) is 0 Å². The highest BCUT2D eigenvalue weighted by Crippen LogP contribution is 2.28. The van der Waals surface area contributed by atoms with E-state index in [1.54, 1.807) is 7.11 Å². The highest BCUT2D eigenvalue weighted by molar-refractivity contribution is 5.94. The molecule has 0 N–H and O–H groups in total. The van der Waals surface area contributed by atoms with E-state index in [1.807, 2.05) is 29.2 Å². The van der Waals surface area contributed by atoms with Gasteiger partial charge in [-0.1, -0.05) is 33.8 Å². The van der Waals surface area contributed by atoms with Crippen molar-refractivity contribution in [2.75, 3.05) is 31.6 Å². The van der Waals surface area contributed by atoms with Crippen LogP contribution in [0.5, 0.6) is 5.75 Å². The maximum atomic E-state index is 13.0. The number of methoxy groups -OCH3 is 1. The summed E-state index contributed by atoms with van der Waals surface area (Å²) >= 11 is 0. The Bertz CT molecular complexity index is 563. The number of carbonyl (C=O) groups is 1. The molecule has 0 atom stereocenters. The Hall–Kier alpha value is -1.55. The zero-order valence-electron chi connectivity index (χ0n) is 17.2. The number of hydrogen-bond acceptors (Lipinski definition) is 3. The van der Waals surface area contributed by atoms with Crippen LogP contribution in [-0.2, 0) is 4.79 Å². The fourth-order valence-corrected chi connectivity index (χ4v) is 3.61. The Morgan fingerprint density at radius 3 is 2.46 bits per heavy atom. The van der Waals surface area contributed by atoms with Gasteiger partial charge in [-0.2, -0.15) is 0 Å². The van der Waals surface area contributed by atoms with Crippen LogP contribution < -0.4 is 9.64 Å². The Kier molecular flexibility index (Phi) is 7.95. The van der Waals surface area contributed by atoms with Crippen LogP contribution in [0, 0.1) is 11.8 Å². The predicted octanol–water partition coefficient (Wildman–Crippen LogP) is 4.58. The van der Waals surface area contributed by atoms with Crippen molar-refractivity contribution >= 4 is 11.6 Å². The first-order chi connectivity index (χ1) is 12.4. The highest BCUT2D eigenvalue weighted by atomic mass is 16.5. The number of carbonyl (C=O) groups excluding carboxylic acids is 1. The van der Waals surface area contributed by atoms with Crippen molar-refractivity contribution in [1.82, 2.24) is 4.90 Å². The molecule has 0 unspecified atom stereocenters. The van der Waals surface area contributed by atoms with E-state index in [0.717, 1.165) is 43.3 Å². The molecule has 1 aliphatic rings. The number of ether oxygens (including phenoxy) is 1. The Morgan fingerprint density at radius 1 is 1.19 bits per heavy atom. The average molecular weight is 361 g/mol. The molecule has 4 heteroatoms. The first-order valence-electron chi connectivity index (χ1n) is 10.1. The molecule has 1 fully saturated rings. The van der Waals surface area contributed by atoms with E-state index in [0.29, 0.717) is 12.3 Å². The number of piperidine rings is 1. The van der Waals surface area contributed by atoms with Gasteiger partial charge in [0.05, 0.1) is 7.11 Å². The number of hydrogen-bond donors (Lipinski definition) is 0. The lowest BCUT2D eigenvalue weighted by molar-refractivity contribution is -0.120. The summed E-state index contributed by atoms with van der Waals surface area (Å²) in [4.78, 5) is 17.6. The summed E-state index contributed by atoms with van der Waals surface area (Å²) in [6.45, 7) is 12.1. The zero-order valence-corrected chi connectivity index (χ0v) is 17.2. The molecule has 1 saturated heterocycles. The third-order valence-electron chi connectivity index (χ3n) is 5.13. The molecule has 26 heavy (non-hydrogen) atoms. The summed E-state index contributed by atoms with van der Waals surface area (Å²) in [5, 5.41) is 0. The molecule has 0 saturated carbocycles. The van der Waals surface area contributed by atoms with Gasteiger partial charge in [-0.05, 0) is 49.8 Å². The van der Waals surface area contributed by atoms with Crippen molar-refractivity contribution in [3.8, 4) is 5.75 Å². The number of nitrogens with zero attached hydrogens (tertiary/aromatic N) is 2. The van der Waals surface area contributed by atoms with Crippen molar-refractivity contribution in [3.63, 3.8) is 0 Å². The average Bonchev–Trinajstić information content (AvgIpc) is 2.61. The van der Waals surface area contributed by atoms with Gasteiger partial charge >= 0.3 is 0 Å². The van der Waals surface area contributed by atoms with Crippen LogP contribution in [0.1, 0.15) is 53.4 Å². The Labute approximate surface area is 159 Å². The first kappa shape index (κ1) is 20.8. The van der Waals surface area contributed by atoms with Gasteiger partial charge in [0.25, 0.3) is 0 Å². The molecule has 0 radical (unpaired) electrons. The van der Waals surface area contributed by atoms with Crippen LogP contribution in [-0.4, -0.2) is 43.6 Å². The molecule has 1 aromatic carbocycles. The molecule has 0 aromatic heterocycles. The molecule has 1 amide bonds. The summed E-state index contributed by atoms with van der Waals surface area (Å²) in [6.07, 6.45) is 3.92. The lowest BCUT2D eigenvalue weighted by atomic mass is 9.99. The van der Waals surface area contributed by atoms with E-state index >= 15 is 0 Å². The van der Waals surface area contributed by atoms with Gasteiger partial charge in [0.15, 0.2) is 0 Å². The van der Waals surface area contributed by atoms with Gasteiger partial charge in [-0.3, -0.25) is 4.79 Å². The van der Waals surface area contributed by atoms with E-state index in [1.165, 1.54) is 13.0 Å². The quantitative estimate of drug-likeness (QED) is 0.680. The molecule has 0 spiro atoms. The molecule has 1 aromatic rings. The SMILES string of the molecule is COc1cccc(N(C(=O)CC(C)C)C2CCN(CCC(C)C)CC2)c1. The summed E-state index contributed by atoms with van der Waals surface area (Å²) in [5.41, 5.74) is 0.968. The van der Waals surface area contributed by atoms with Crippen molar-refractivity contribution < 1.29 is 9.53 Å². The fourth-order valence-electron chi connectivity index (χ4n) is 3.61. The second-order valence-electron chi connectivity index (χ2n) is 8.32. The monoisotopic (exact) mass is 360 g/mol.